The number of hydrogen-bond donors (Lipinski definition) is 1. The van der Waals surface area contributed by atoms with Crippen molar-refractivity contribution >= 4 is 5.91 Å². The van der Waals surface area contributed by atoms with Crippen molar-refractivity contribution in [2.45, 2.75) is 25.1 Å². The number of carbonyl (C=O) groups excluding carboxylic acids is 1. The first kappa shape index (κ1) is 15.7. The molecule has 1 atom stereocenters. The van der Waals surface area contributed by atoms with Gasteiger partial charge in [0.1, 0.15) is 11.3 Å². The second kappa shape index (κ2) is 6.36. The van der Waals surface area contributed by atoms with E-state index in [1.54, 1.807) is 19.2 Å². The monoisotopic (exact) mass is 300 g/mol. The molecule has 1 heterocycles. The van der Waals surface area contributed by atoms with Crippen LogP contribution in [0.2, 0.25) is 0 Å². The first-order valence-corrected chi connectivity index (χ1v) is 6.57. The summed E-state index contributed by atoms with van der Waals surface area (Å²) in [6.45, 7) is -1.81. The van der Waals surface area contributed by atoms with Gasteiger partial charge in [0, 0.05) is 20.2 Å². The van der Waals surface area contributed by atoms with Crippen LogP contribution < -0.4 is 10.5 Å². The van der Waals surface area contributed by atoms with E-state index in [1.807, 2.05) is 0 Å². The molecule has 0 spiro atoms. The largest absolute Gasteiger partial charge is 0.435 e. The molecule has 0 radical (unpaired) electrons. The van der Waals surface area contributed by atoms with Gasteiger partial charge in [-0.1, -0.05) is 12.1 Å². The highest BCUT2D eigenvalue weighted by molar-refractivity contribution is 5.86. The van der Waals surface area contributed by atoms with Crippen LogP contribution in [0.15, 0.2) is 24.3 Å². The molecule has 0 aromatic heterocycles. The summed E-state index contributed by atoms with van der Waals surface area (Å²) in [6.07, 6.45) is 0.497. The van der Waals surface area contributed by atoms with Gasteiger partial charge in [-0.2, -0.15) is 8.78 Å². The standard InChI is InChI=1S/C14H18F2N2O3/c1-18(12(19)14(17)6-7-20-9-14)8-10-2-4-11(5-3-10)21-13(15)16/h2-5,13H,6-9,17H2,1H3. The van der Waals surface area contributed by atoms with E-state index in [2.05, 4.69) is 4.74 Å². The molecule has 1 aromatic rings. The van der Waals surface area contributed by atoms with E-state index in [0.29, 0.717) is 19.6 Å². The van der Waals surface area contributed by atoms with Crippen molar-refractivity contribution in [3.8, 4) is 5.75 Å². The Morgan fingerprint density at radius 2 is 2.14 bits per heavy atom. The number of rotatable bonds is 5. The minimum absolute atomic E-state index is 0.0854. The molecule has 5 nitrogen and oxygen atoms in total. The lowest BCUT2D eigenvalue weighted by molar-refractivity contribution is -0.136. The molecular formula is C14H18F2N2O3. The van der Waals surface area contributed by atoms with Crippen molar-refractivity contribution < 1.29 is 23.0 Å². The number of benzene rings is 1. The van der Waals surface area contributed by atoms with Crippen molar-refractivity contribution in [2.24, 2.45) is 5.73 Å². The number of likely N-dealkylation sites (N-methyl/N-ethyl adjacent to an activating group) is 1. The van der Waals surface area contributed by atoms with Crippen molar-refractivity contribution in [1.82, 2.24) is 4.90 Å². The van der Waals surface area contributed by atoms with Gasteiger partial charge < -0.3 is 20.1 Å². The molecule has 2 rings (SSSR count). The quantitative estimate of drug-likeness (QED) is 0.892. The molecule has 1 aromatic carbocycles. The number of nitrogens with zero attached hydrogens (tertiary/aromatic N) is 1. The fourth-order valence-electron chi connectivity index (χ4n) is 2.25. The van der Waals surface area contributed by atoms with Crippen LogP contribution in [0.3, 0.4) is 0 Å². The molecule has 0 bridgehead atoms. The van der Waals surface area contributed by atoms with Crippen LogP contribution in [0.1, 0.15) is 12.0 Å². The average molecular weight is 300 g/mol. The van der Waals surface area contributed by atoms with Gasteiger partial charge in [0.2, 0.25) is 5.91 Å². The number of hydrogen-bond acceptors (Lipinski definition) is 4. The van der Waals surface area contributed by atoms with Gasteiger partial charge in [-0.05, 0) is 24.1 Å². The molecule has 0 aliphatic carbocycles. The Bertz CT molecular complexity index is 487. The summed E-state index contributed by atoms with van der Waals surface area (Å²) in [5, 5.41) is 0. The molecule has 1 saturated heterocycles. The second-order valence-corrected chi connectivity index (χ2v) is 5.14. The lowest BCUT2D eigenvalue weighted by Crippen LogP contribution is -2.54. The van der Waals surface area contributed by atoms with Crippen LogP contribution in [0, 0.1) is 0 Å². The van der Waals surface area contributed by atoms with E-state index in [9.17, 15) is 13.6 Å². The van der Waals surface area contributed by atoms with Crippen LogP contribution in [0.4, 0.5) is 8.78 Å². The predicted molar refractivity (Wildman–Crippen MR) is 71.9 cm³/mol. The number of carbonyl (C=O) groups is 1. The van der Waals surface area contributed by atoms with Gasteiger partial charge >= 0.3 is 6.61 Å². The maximum atomic E-state index is 12.3. The SMILES string of the molecule is CN(Cc1ccc(OC(F)F)cc1)C(=O)C1(N)CCOC1. The van der Waals surface area contributed by atoms with Crippen LogP contribution in [0.5, 0.6) is 5.75 Å². The van der Waals surface area contributed by atoms with Gasteiger partial charge in [-0.15, -0.1) is 0 Å². The third kappa shape index (κ3) is 3.89. The minimum Gasteiger partial charge on any atom is -0.435 e. The molecule has 7 heteroatoms. The zero-order chi connectivity index (χ0) is 15.5. The van der Waals surface area contributed by atoms with Crippen LogP contribution >= 0.6 is 0 Å². The summed E-state index contributed by atoms with van der Waals surface area (Å²) in [5.74, 6) is -0.102. The minimum atomic E-state index is -2.85. The van der Waals surface area contributed by atoms with Crippen LogP contribution in [-0.4, -0.2) is 43.2 Å². The third-order valence-electron chi connectivity index (χ3n) is 3.39. The van der Waals surface area contributed by atoms with Crippen molar-refractivity contribution in [2.75, 3.05) is 20.3 Å². The molecule has 1 unspecified atom stereocenters. The molecule has 0 saturated carbocycles. The summed E-state index contributed by atoms with van der Waals surface area (Å²) in [6, 6.07) is 6.15. The smallest absolute Gasteiger partial charge is 0.387 e. The molecule has 1 amide bonds. The molecule has 1 fully saturated rings. The molecule has 2 N–H and O–H groups in total. The molecule has 1 aliphatic rings. The number of ether oxygens (including phenoxy) is 2. The third-order valence-corrected chi connectivity index (χ3v) is 3.39. The number of halogens is 2. The van der Waals surface area contributed by atoms with E-state index in [1.165, 1.54) is 17.0 Å². The highest BCUT2D eigenvalue weighted by Gasteiger charge is 2.40. The van der Waals surface area contributed by atoms with Gasteiger partial charge in [0.15, 0.2) is 0 Å². The maximum Gasteiger partial charge on any atom is 0.387 e. The van der Waals surface area contributed by atoms with E-state index < -0.39 is 12.2 Å². The van der Waals surface area contributed by atoms with E-state index in [0.717, 1.165) is 5.56 Å². The van der Waals surface area contributed by atoms with Crippen molar-refractivity contribution in [1.29, 1.82) is 0 Å². The Hall–Kier alpha value is -1.73. The number of amides is 1. The molecule has 1 aliphatic heterocycles. The fourth-order valence-corrected chi connectivity index (χ4v) is 2.25. The Balaban J connectivity index is 1.96. The van der Waals surface area contributed by atoms with Crippen LogP contribution in [0.25, 0.3) is 0 Å². The number of nitrogens with two attached hydrogens (primary N) is 1. The van der Waals surface area contributed by atoms with Gasteiger partial charge in [0.25, 0.3) is 0 Å². The molecule has 116 valence electrons. The average Bonchev–Trinajstić information content (AvgIpc) is 2.87. The lowest BCUT2D eigenvalue weighted by atomic mass is 9.98. The van der Waals surface area contributed by atoms with Crippen LogP contribution in [-0.2, 0) is 16.1 Å². The zero-order valence-electron chi connectivity index (χ0n) is 11.7. The molecular weight excluding hydrogens is 282 g/mol. The zero-order valence-corrected chi connectivity index (χ0v) is 11.7. The maximum absolute atomic E-state index is 12.3. The highest BCUT2D eigenvalue weighted by Crippen LogP contribution is 2.20. The van der Waals surface area contributed by atoms with Gasteiger partial charge in [-0.25, -0.2) is 0 Å². The van der Waals surface area contributed by atoms with Crippen molar-refractivity contribution in [3.05, 3.63) is 29.8 Å². The van der Waals surface area contributed by atoms with E-state index in [4.69, 9.17) is 10.5 Å². The highest BCUT2D eigenvalue weighted by atomic mass is 19.3. The van der Waals surface area contributed by atoms with Gasteiger partial charge in [0.05, 0.1) is 6.61 Å². The first-order valence-electron chi connectivity index (χ1n) is 6.57. The predicted octanol–water partition coefficient (Wildman–Crippen LogP) is 1.36. The summed E-state index contributed by atoms with van der Waals surface area (Å²) >= 11 is 0. The number of alkyl halides is 2. The van der Waals surface area contributed by atoms with E-state index in [-0.39, 0.29) is 18.3 Å². The fraction of sp³-hybridized carbons (Fsp3) is 0.500. The Morgan fingerprint density at radius 3 is 2.67 bits per heavy atom. The normalized spacial score (nSPS) is 21.6. The first-order chi connectivity index (χ1) is 9.90. The molecule has 21 heavy (non-hydrogen) atoms. The Kier molecular flexibility index (Phi) is 4.74. The topological polar surface area (TPSA) is 64.8 Å². The van der Waals surface area contributed by atoms with E-state index >= 15 is 0 Å². The summed E-state index contributed by atoms with van der Waals surface area (Å²) in [4.78, 5) is 13.8. The Labute approximate surface area is 121 Å². The Morgan fingerprint density at radius 1 is 1.48 bits per heavy atom. The summed E-state index contributed by atoms with van der Waals surface area (Å²) in [7, 11) is 1.65. The van der Waals surface area contributed by atoms with Crippen molar-refractivity contribution in [3.63, 3.8) is 0 Å². The second-order valence-electron chi connectivity index (χ2n) is 5.14. The summed E-state index contributed by atoms with van der Waals surface area (Å²) < 4.78 is 33.5. The lowest BCUT2D eigenvalue weighted by Gasteiger charge is -2.27. The summed E-state index contributed by atoms with van der Waals surface area (Å²) in [5.41, 5.74) is 5.85. The van der Waals surface area contributed by atoms with Gasteiger partial charge in [-0.3, -0.25) is 4.79 Å².